The fraction of sp³-hybridized carbons (Fsp3) is 0.643. The van der Waals surface area contributed by atoms with Crippen LogP contribution >= 0.6 is 0 Å². The van der Waals surface area contributed by atoms with Crippen LogP contribution in [0.3, 0.4) is 0 Å². The number of carbonyl (C=O) groups excluding carboxylic acids is 1. The first kappa shape index (κ1) is 14.7. The number of aryl methyl sites for hydroxylation is 1. The molecule has 2 amide bonds. The minimum atomic E-state index is -0.238. The van der Waals surface area contributed by atoms with Gasteiger partial charge in [-0.15, -0.1) is 0 Å². The summed E-state index contributed by atoms with van der Waals surface area (Å²) in [5, 5.41) is 5.60. The third-order valence-electron chi connectivity index (χ3n) is 3.46. The third kappa shape index (κ3) is 3.90. The monoisotopic (exact) mass is 278 g/mol. The maximum atomic E-state index is 11.8. The highest BCUT2D eigenvalue weighted by molar-refractivity contribution is 5.88. The van der Waals surface area contributed by atoms with Crippen LogP contribution in [-0.2, 0) is 4.74 Å². The van der Waals surface area contributed by atoms with Crippen molar-refractivity contribution in [3.63, 3.8) is 0 Å². The number of rotatable bonds is 4. The SMILES string of the molecule is Cc1nccc(NC(=O)NC[C@H]2CCO[C@@H]2C(C)C)n1. The second kappa shape index (κ2) is 6.65. The molecule has 1 aromatic heterocycles. The standard InChI is InChI=1S/C14H22N4O2/c1-9(2)13-11(5-7-20-13)8-16-14(19)18-12-4-6-15-10(3)17-12/h4,6,9,11,13H,5,7-8H2,1-3H3,(H2,15,16,17,18,19)/t11-,13-/m1/s1. The van der Waals surface area contributed by atoms with Crippen LogP contribution < -0.4 is 10.6 Å². The molecule has 6 heteroatoms. The van der Waals surface area contributed by atoms with E-state index in [1.54, 1.807) is 19.2 Å². The molecule has 1 fully saturated rings. The van der Waals surface area contributed by atoms with Crippen molar-refractivity contribution in [3.05, 3.63) is 18.1 Å². The van der Waals surface area contributed by atoms with Gasteiger partial charge in [-0.05, 0) is 25.3 Å². The summed E-state index contributed by atoms with van der Waals surface area (Å²) in [6, 6.07) is 1.43. The number of nitrogens with one attached hydrogen (secondary N) is 2. The third-order valence-corrected chi connectivity index (χ3v) is 3.46. The van der Waals surface area contributed by atoms with E-state index in [4.69, 9.17) is 4.74 Å². The molecule has 0 saturated carbocycles. The minimum Gasteiger partial charge on any atom is -0.378 e. The highest BCUT2D eigenvalue weighted by atomic mass is 16.5. The number of aromatic nitrogens is 2. The molecular formula is C14H22N4O2. The van der Waals surface area contributed by atoms with Gasteiger partial charge >= 0.3 is 6.03 Å². The van der Waals surface area contributed by atoms with Gasteiger partial charge in [-0.25, -0.2) is 14.8 Å². The average Bonchev–Trinajstić information content (AvgIpc) is 2.85. The van der Waals surface area contributed by atoms with E-state index in [1.807, 2.05) is 0 Å². The van der Waals surface area contributed by atoms with E-state index in [0.29, 0.717) is 30.0 Å². The number of hydrogen-bond acceptors (Lipinski definition) is 4. The molecule has 0 spiro atoms. The Kier molecular flexibility index (Phi) is 4.89. The van der Waals surface area contributed by atoms with Gasteiger partial charge in [0.25, 0.3) is 0 Å². The Labute approximate surface area is 119 Å². The molecule has 1 aromatic rings. The van der Waals surface area contributed by atoms with Crippen LogP contribution in [-0.4, -0.2) is 35.3 Å². The molecule has 2 atom stereocenters. The number of hydrogen-bond donors (Lipinski definition) is 2. The second-order valence-corrected chi connectivity index (χ2v) is 5.45. The van der Waals surface area contributed by atoms with Crippen molar-refractivity contribution in [3.8, 4) is 0 Å². The molecule has 1 aliphatic heterocycles. The highest BCUT2D eigenvalue weighted by Crippen LogP contribution is 2.26. The summed E-state index contributed by atoms with van der Waals surface area (Å²) in [6.45, 7) is 7.48. The Morgan fingerprint density at radius 2 is 2.35 bits per heavy atom. The van der Waals surface area contributed by atoms with Gasteiger partial charge < -0.3 is 10.1 Å². The van der Waals surface area contributed by atoms with E-state index in [-0.39, 0.29) is 12.1 Å². The zero-order chi connectivity index (χ0) is 14.5. The summed E-state index contributed by atoms with van der Waals surface area (Å²) in [7, 11) is 0. The summed E-state index contributed by atoms with van der Waals surface area (Å²) in [5.41, 5.74) is 0. The predicted octanol–water partition coefficient (Wildman–Crippen LogP) is 1.97. The van der Waals surface area contributed by atoms with Gasteiger partial charge in [0.1, 0.15) is 11.6 Å². The van der Waals surface area contributed by atoms with Crippen molar-refractivity contribution in [2.24, 2.45) is 11.8 Å². The van der Waals surface area contributed by atoms with Crippen LogP contribution in [0.2, 0.25) is 0 Å². The lowest BCUT2D eigenvalue weighted by molar-refractivity contribution is 0.0546. The molecule has 0 unspecified atom stereocenters. The van der Waals surface area contributed by atoms with Gasteiger partial charge in [-0.2, -0.15) is 0 Å². The van der Waals surface area contributed by atoms with Gasteiger partial charge in [0.2, 0.25) is 0 Å². The van der Waals surface area contributed by atoms with Crippen molar-refractivity contribution in [1.29, 1.82) is 0 Å². The normalized spacial score (nSPS) is 22.0. The van der Waals surface area contributed by atoms with Gasteiger partial charge in [0.15, 0.2) is 0 Å². The summed E-state index contributed by atoms with van der Waals surface area (Å²) in [4.78, 5) is 19.9. The summed E-state index contributed by atoms with van der Waals surface area (Å²) in [5.74, 6) is 2.00. The van der Waals surface area contributed by atoms with Crippen molar-refractivity contribution in [2.45, 2.75) is 33.3 Å². The molecule has 0 bridgehead atoms. The van der Waals surface area contributed by atoms with E-state index >= 15 is 0 Å². The molecule has 2 rings (SSSR count). The van der Waals surface area contributed by atoms with Crippen molar-refractivity contribution in [1.82, 2.24) is 15.3 Å². The first-order valence-electron chi connectivity index (χ1n) is 7.02. The number of ether oxygens (including phenoxy) is 1. The molecule has 0 aromatic carbocycles. The summed E-state index contributed by atoms with van der Waals surface area (Å²) < 4.78 is 5.70. The number of carbonyl (C=O) groups is 1. The largest absolute Gasteiger partial charge is 0.378 e. The smallest absolute Gasteiger partial charge is 0.320 e. The Hall–Kier alpha value is -1.69. The van der Waals surface area contributed by atoms with Crippen LogP contribution in [0.5, 0.6) is 0 Å². The molecule has 0 radical (unpaired) electrons. The van der Waals surface area contributed by atoms with E-state index in [0.717, 1.165) is 13.0 Å². The zero-order valence-corrected chi connectivity index (χ0v) is 12.2. The minimum absolute atomic E-state index is 0.233. The Morgan fingerprint density at radius 3 is 3.05 bits per heavy atom. The summed E-state index contributed by atoms with van der Waals surface area (Å²) in [6.07, 6.45) is 2.85. The van der Waals surface area contributed by atoms with E-state index in [2.05, 4.69) is 34.4 Å². The number of anilines is 1. The van der Waals surface area contributed by atoms with Crippen LogP contribution in [0.4, 0.5) is 10.6 Å². The molecule has 20 heavy (non-hydrogen) atoms. The number of nitrogens with zero attached hydrogens (tertiary/aromatic N) is 2. The van der Waals surface area contributed by atoms with Crippen LogP contribution in [0, 0.1) is 18.8 Å². The molecule has 2 N–H and O–H groups in total. The molecule has 1 aliphatic rings. The lowest BCUT2D eigenvalue weighted by Gasteiger charge is -2.22. The van der Waals surface area contributed by atoms with Gasteiger partial charge in [-0.1, -0.05) is 13.8 Å². The second-order valence-electron chi connectivity index (χ2n) is 5.45. The molecule has 0 aliphatic carbocycles. The molecular weight excluding hydrogens is 256 g/mol. The Balaban J connectivity index is 1.80. The fourth-order valence-corrected chi connectivity index (χ4v) is 2.52. The van der Waals surface area contributed by atoms with E-state index in [1.165, 1.54) is 0 Å². The molecule has 6 nitrogen and oxygen atoms in total. The molecule has 1 saturated heterocycles. The van der Waals surface area contributed by atoms with Crippen LogP contribution in [0.25, 0.3) is 0 Å². The predicted molar refractivity (Wildman–Crippen MR) is 76.5 cm³/mol. The van der Waals surface area contributed by atoms with E-state index in [9.17, 15) is 4.79 Å². The first-order valence-corrected chi connectivity index (χ1v) is 7.02. The van der Waals surface area contributed by atoms with Crippen LogP contribution in [0.1, 0.15) is 26.1 Å². The Morgan fingerprint density at radius 1 is 1.55 bits per heavy atom. The fourth-order valence-electron chi connectivity index (χ4n) is 2.52. The lowest BCUT2D eigenvalue weighted by atomic mass is 9.93. The van der Waals surface area contributed by atoms with Crippen LogP contribution in [0.15, 0.2) is 12.3 Å². The topological polar surface area (TPSA) is 76.1 Å². The number of amides is 2. The maximum Gasteiger partial charge on any atom is 0.320 e. The quantitative estimate of drug-likeness (QED) is 0.883. The van der Waals surface area contributed by atoms with Crippen molar-refractivity contribution >= 4 is 11.8 Å². The van der Waals surface area contributed by atoms with Crippen molar-refractivity contribution < 1.29 is 9.53 Å². The highest BCUT2D eigenvalue weighted by Gasteiger charge is 2.30. The number of urea groups is 1. The maximum absolute atomic E-state index is 11.8. The van der Waals surface area contributed by atoms with Gasteiger partial charge in [-0.3, -0.25) is 5.32 Å². The average molecular weight is 278 g/mol. The van der Waals surface area contributed by atoms with Gasteiger partial charge in [0, 0.05) is 25.3 Å². The lowest BCUT2D eigenvalue weighted by Crippen LogP contribution is -2.37. The van der Waals surface area contributed by atoms with E-state index < -0.39 is 0 Å². The van der Waals surface area contributed by atoms with Crippen molar-refractivity contribution in [2.75, 3.05) is 18.5 Å². The molecule has 2 heterocycles. The first-order chi connectivity index (χ1) is 9.56. The Bertz CT molecular complexity index is 464. The zero-order valence-electron chi connectivity index (χ0n) is 12.2. The summed E-state index contributed by atoms with van der Waals surface area (Å²) >= 11 is 0. The molecule has 110 valence electrons. The van der Waals surface area contributed by atoms with Gasteiger partial charge in [0.05, 0.1) is 6.10 Å².